The van der Waals surface area contributed by atoms with Crippen LogP contribution in [-0.2, 0) is 0 Å². The summed E-state index contributed by atoms with van der Waals surface area (Å²) in [6, 6.07) is 13.6. The molecule has 2 N–H and O–H groups in total. The Bertz CT molecular complexity index is 712. The summed E-state index contributed by atoms with van der Waals surface area (Å²) in [6.45, 7) is 4.12. The fourth-order valence-electron chi connectivity index (χ4n) is 3.46. The average Bonchev–Trinajstić information content (AvgIpc) is 2.53. The van der Waals surface area contributed by atoms with E-state index in [0.717, 1.165) is 28.4 Å². The second-order valence-electron chi connectivity index (χ2n) is 6.35. The molecule has 122 valence electrons. The second-order valence-corrected chi connectivity index (χ2v) is 6.35. The topological polar surface area (TPSA) is 53.7 Å². The highest BCUT2D eigenvalue weighted by molar-refractivity contribution is 5.49. The van der Waals surface area contributed by atoms with Crippen LogP contribution in [0.25, 0.3) is 0 Å². The van der Waals surface area contributed by atoms with Crippen molar-refractivity contribution < 1.29 is 14.2 Å². The average molecular weight is 313 g/mol. The van der Waals surface area contributed by atoms with E-state index in [1.54, 1.807) is 14.2 Å². The van der Waals surface area contributed by atoms with E-state index in [1.165, 1.54) is 0 Å². The number of fused-ring (bicyclic) bond motifs is 1. The Morgan fingerprint density at radius 3 is 2.43 bits per heavy atom. The van der Waals surface area contributed by atoms with Gasteiger partial charge in [0.05, 0.1) is 14.2 Å². The van der Waals surface area contributed by atoms with Crippen molar-refractivity contribution >= 4 is 0 Å². The Balaban J connectivity index is 2.11. The predicted molar refractivity (Wildman–Crippen MR) is 90.4 cm³/mol. The zero-order chi connectivity index (χ0) is 16.6. The van der Waals surface area contributed by atoms with Crippen LogP contribution in [0.3, 0.4) is 0 Å². The SMILES string of the molecule is COc1ccc2c(c1)OC(C)(C)C(c1ccccc1OC)C2N. The minimum atomic E-state index is -0.465. The summed E-state index contributed by atoms with van der Waals surface area (Å²) >= 11 is 0. The lowest BCUT2D eigenvalue weighted by molar-refractivity contribution is 0.0466. The van der Waals surface area contributed by atoms with Crippen LogP contribution in [0, 0.1) is 0 Å². The van der Waals surface area contributed by atoms with Crippen molar-refractivity contribution in [3.8, 4) is 17.2 Å². The minimum Gasteiger partial charge on any atom is -0.497 e. The number of nitrogens with two attached hydrogens (primary N) is 1. The normalized spacial score (nSPS) is 22.0. The number of para-hydroxylation sites is 1. The van der Waals surface area contributed by atoms with E-state index in [2.05, 4.69) is 19.9 Å². The van der Waals surface area contributed by atoms with E-state index in [0.29, 0.717) is 0 Å². The van der Waals surface area contributed by atoms with Gasteiger partial charge in [-0.3, -0.25) is 0 Å². The van der Waals surface area contributed by atoms with Gasteiger partial charge >= 0.3 is 0 Å². The smallest absolute Gasteiger partial charge is 0.128 e. The Morgan fingerprint density at radius 2 is 1.74 bits per heavy atom. The van der Waals surface area contributed by atoms with Crippen LogP contribution < -0.4 is 19.9 Å². The molecule has 0 radical (unpaired) electrons. The Labute approximate surface area is 137 Å². The van der Waals surface area contributed by atoms with Crippen molar-refractivity contribution in [3.63, 3.8) is 0 Å². The summed E-state index contributed by atoms with van der Waals surface area (Å²) in [4.78, 5) is 0. The minimum absolute atomic E-state index is 0.0143. The summed E-state index contributed by atoms with van der Waals surface area (Å²) in [5.74, 6) is 2.37. The third kappa shape index (κ3) is 2.63. The lowest BCUT2D eigenvalue weighted by atomic mass is 9.74. The maximum absolute atomic E-state index is 6.64. The van der Waals surface area contributed by atoms with Crippen LogP contribution in [0.5, 0.6) is 17.2 Å². The zero-order valence-corrected chi connectivity index (χ0v) is 14.0. The summed E-state index contributed by atoms with van der Waals surface area (Å²) in [5.41, 5.74) is 8.22. The summed E-state index contributed by atoms with van der Waals surface area (Å²) in [6.07, 6.45) is 0. The number of methoxy groups -OCH3 is 2. The first-order valence-electron chi connectivity index (χ1n) is 7.73. The molecule has 3 rings (SSSR count). The van der Waals surface area contributed by atoms with E-state index in [1.807, 2.05) is 36.4 Å². The van der Waals surface area contributed by atoms with E-state index in [9.17, 15) is 0 Å². The molecule has 0 aromatic heterocycles. The monoisotopic (exact) mass is 313 g/mol. The van der Waals surface area contributed by atoms with Gasteiger partial charge in [0.25, 0.3) is 0 Å². The van der Waals surface area contributed by atoms with Gasteiger partial charge in [0.15, 0.2) is 0 Å². The van der Waals surface area contributed by atoms with Crippen molar-refractivity contribution in [1.29, 1.82) is 0 Å². The van der Waals surface area contributed by atoms with Crippen LogP contribution in [0.1, 0.15) is 36.9 Å². The molecule has 1 heterocycles. The maximum atomic E-state index is 6.64. The van der Waals surface area contributed by atoms with Crippen molar-refractivity contribution in [1.82, 2.24) is 0 Å². The molecule has 4 heteroatoms. The molecule has 0 bridgehead atoms. The number of benzene rings is 2. The van der Waals surface area contributed by atoms with Gasteiger partial charge in [-0.1, -0.05) is 24.3 Å². The molecule has 2 aromatic rings. The van der Waals surface area contributed by atoms with E-state index in [-0.39, 0.29) is 12.0 Å². The molecule has 0 spiro atoms. The Kier molecular flexibility index (Phi) is 3.94. The molecular formula is C19H23NO3. The van der Waals surface area contributed by atoms with Crippen LogP contribution in [0.4, 0.5) is 0 Å². The molecule has 0 saturated carbocycles. The number of hydrogen-bond acceptors (Lipinski definition) is 4. The fraction of sp³-hybridized carbons (Fsp3) is 0.368. The van der Waals surface area contributed by atoms with Crippen molar-refractivity contribution in [2.75, 3.05) is 14.2 Å². The Morgan fingerprint density at radius 1 is 1.00 bits per heavy atom. The molecular weight excluding hydrogens is 290 g/mol. The van der Waals surface area contributed by atoms with Gasteiger partial charge in [-0.2, -0.15) is 0 Å². The molecule has 0 aliphatic carbocycles. The lowest BCUT2D eigenvalue weighted by Crippen LogP contribution is -2.45. The Hall–Kier alpha value is -2.20. The van der Waals surface area contributed by atoms with Gasteiger partial charge < -0.3 is 19.9 Å². The first kappa shape index (κ1) is 15.7. The molecule has 0 fully saturated rings. The number of ether oxygens (including phenoxy) is 3. The van der Waals surface area contributed by atoms with Gasteiger partial charge in [0.1, 0.15) is 22.8 Å². The highest BCUT2D eigenvalue weighted by atomic mass is 16.5. The van der Waals surface area contributed by atoms with Crippen molar-refractivity contribution in [2.24, 2.45) is 5.73 Å². The number of rotatable bonds is 3. The van der Waals surface area contributed by atoms with Gasteiger partial charge in [-0.25, -0.2) is 0 Å². The van der Waals surface area contributed by atoms with E-state index < -0.39 is 5.60 Å². The molecule has 4 nitrogen and oxygen atoms in total. The summed E-state index contributed by atoms with van der Waals surface area (Å²) < 4.78 is 17.1. The predicted octanol–water partition coefficient (Wildman–Crippen LogP) is 3.66. The second kappa shape index (κ2) is 5.78. The third-order valence-electron chi connectivity index (χ3n) is 4.53. The van der Waals surface area contributed by atoms with Gasteiger partial charge in [-0.15, -0.1) is 0 Å². The van der Waals surface area contributed by atoms with Gasteiger partial charge in [0, 0.05) is 29.2 Å². The third-order valence-corrected chi connectivity index (χ3v) is 4.53. The highest BCUT2D eigenvalue weighted by Gasteiger charge is 2.44. The molecule has 2 aromatic carbocycles. The van der Waals surface area contributed by atoms with Crippen LogP contribution >= 0.6 is 0 Å². The largest absolute Gasteiger partial charge is 0.497 e. The molecule has 0 saturated heterocycles. The van der Waals surface area contributed by atoms with Crippen LogP contribution in [0.2, 0.25) is 0 Å². The van der Waals surface area contributed by atoms with Crippen LogP contribution in [-0.4, -0.2) is 19.8 Å². The lowest BCUT2D eigenvalue weighted by Gasteiger charge is -2.44. The first-order valence-corrected chi connectivity index (χ1v) is 7.73. The molecule has 23 heavy (non-hydrogen) atoms. The molecule has 0 amide bonds. The van der Waals surface area contributed by atoms with Crippen LogP contribution in [0.15, 0.2) is 42.5 Å². The fourth-order valence-corrected chi connectivity index (χ4v) is 3.46. The zero-order valence-electron chi connectivity index (χ0n) is 14.0. The molecule has 2 atom stereocenters. The van der Waals surface area contributed by atoms with Crippen molar-refractivity contribution in [3.05, 3.63) is 53.6 Å². The first-order chi connectivity index (χ1) is 11.0. The van der Waals surface area contributed by atoms with Gasteiger partial charge in [0.2, 0.25) is 0 Å². The van der Waals surface area contributed by atoms with E-state index >= 15 is 0 Å². The highest BCUT2D eigenvalue weighted by Crippen LogP contribution is 2.50. The quantitative estimate of drug-likeness (QED) is 0.939. The molecule has 1 aliphatic heterocycles. The number of hydrogen-bond donors (Lipinski definition) is 1. The standard InChI is InChI=1S/C19H23NO3/c1-19(2)17(13-7-5-6-8-15(13)22-4)18(20)14-10-9-12(21-3)11-16(14)23-19/h5-11,17-18H,20H2,1-4H3. The van der Waals surface area contributed by atoms with Gasteiger partial charge in [-0.05, 0) is 26.0 Å². The summed E-state index contributed by atoms with van der Waals surface area (Å²) in [7, 11) is 3.33. The van der Waals surface area contributed by atoms with E-state index in [4.69, 9.17) is 19.9 Å². The molecule has 2 unspecified atom stereocenters. The molecule has 1 aliphatic rings. The summed E-state index contributed by atoms with van der Waals surface area (Å²) in [5, 5.41) is 0. The maximum Gasteiger partial charge on any atom is 0.128 e. The van der Waals surface area contributed by atoms with Crippen molar-refractivity contribution in [2.45, 2.75) is 31.4 Å².